The van der Waals surface area contributed by atoms with Crippen LogP contribution in [0.15, 0.2) is 72.9 Å². The van der Waals surface area contributed by atoms with Gasteiger partial charge in [-0.1, -0.05) is 42.5 Å². The molecule has 0 aliphatic heterocycles. The van der Waals surface area contributed by atoms with Gasteiger partial charge in [-0.25, -0.2) is 4.39 Å². The molecule has 5 heteroatoms. The molecule has 4 nitrogen and oxygen atoms in total. The maximum Gasteiger partial charge on any atom is 0.249 e. The molecule has 24 heavy (non-hydrogen) atoms. The number of benzene rings is 2. The van der Waals surface area contributed by atoms with Crippen molar-refractivity contribution in [2.75, 3.05) is 5.32 Å². The summed E-state index contributed by atoms with van der Waals surface area (Å²) < 4.78 is 14.6. The largest absolute Gasteiger partial charge is 0.306 e. The van der Waals surface area contributed by atoms with Gasteiger partial charge in [-0.15, -0.1) is 0 Å². The highest BCUT2D eigenvalue weighted by Crippen LogP contribution is 2.08. The number of hydrogen-bond donors (Lipinski definition) is 1. The van der Waals surface area contributed by atoms with Crippen molar-refractivity contribution in [1.29, 1.82) is 0 Å². The third-order valence-corrected chi connectivity index (χ3v) is 3.38. The summed E-state index contributed by atoms with van der Waals surface area (Å²) in [5.41, 5.74) is 1.89. The van der Waals surface area contributed by atoms with E-state index in [1.54, 1.807) is 35.2 Å². The van der Waals surface area contributed by atoms with Crippen LogP contribution in [-0.2, 0) is 11.3 Å². The number of rotatable bonds is 5. The highest BCUT2D eigenvalue weighted by molar-refractivity contribution is 6.01. The Morgan fingerprint density at radius 1 is 1.08 bits per heavy atom. The third kappa shape index (κ3) is 4.39. The van der Waals surface area contributed by atoms with Gasteiger partial charge in [0.15, 0.2) is 5.82 Å². The van der Waals surface area contributed by atoms with Gasteiger partial charge in [0.05, 0.1) is 6.54 Å². The van der Waals surface area contributed by atoms with Crippen LogP contribution in [-0.4, -0.2) is 15.7 Å². The number of amides is 1. The fourth-order valence-electron chi connectivity index (χ4n) is 2.20. The van der Waals surface area contributed by atoms with Crippen molar-refractivity contribution in [1.82, 2.24) is 9.78 Å². The molecule has 2 aromatic carbocycles. The summed E-state index contributed by atoms with van der Waals surface area (Å²) in [7, 11) is 0. The molecule has 0 radical (unpaired) electrons. The Bertz CT molecular complexity index is 839. The topological polar surface area (TPSA) is 46.9 Å². The molecule has 0 aliphatic rings. The van der Waals surface area contributed by atoms with E-state index in [9.17, 15) is 9.18 Å². The lowest BCUT2D eigenvalue weighted by molar-refractivity contribution is -0.111. The Hall–Kier alpha value is -3.21. The molecule has 0 saturated heterocycles. The fourth-order valence-corrected chi connectivity index (χ4v) is 2.20. The first-order chi connectivity index (χ1) is 11.7. The molecule has 1 amide bonds. The standard InChI is InChI=1S/C19H16FN3O/c20-17-9-6-16(7-10-17)14-23-13-12-18(22-23)21-19(24)11-8-15-4-2-1-3-5-15/h1-13H,14H2,(H,21,22,24). The minimum Gasteiger partial charge on any atom is -0.306 e. The molecule has 0 bridgehead atoms. The van der Waals surface area contributed by atoms with Crippen molar-refractivity contribution in [3.05, 3.63) is 89.9 Å². The van der Waals surface area contributed by atoms with Crippen LogP contribution < -0.4 is 5.32 Å². The minimum atomic E-state index is -0.266. The predicted octanol–water partition coefficient (Wildman–Crippen LogP) is 3.72. The van der Waals surface area contributed by atoms with Crippen LogP contribution in [0.5, 0.6) is 0 Å². The first-order valence-corrected chi connectivity index (χ1v) is 7.51. The van der Waals surface area contributed by atoms with E-state index in [1.165, 1.54) is 18.2 Å². The molecule has 0 aliphatic carbocycles. The van der Waals surface area contributed by atoms with Crippen molar-refractivity contribution >= 4 is 17.8 Å². The molecule has 0 saturated carbocycles. The van der Waals surface area contributed by atoms with Gasteiger partial charge in [0.1, 0.15) is 5.82 Å². The van der Waals surface area contributed by atoms with Crippen LogP contribution in [0, 0.1) is 5.82 Å². The second-order valence-corrected chi connectivity index (χ2v) is 5.26. The van der Waals surface area contributed by atoms with E-state index < -0.39 is 0 Å². The van der Waals surface area contributed by atoms with E-state index in [4.69, 9.17) is 0 Å². The van der Waals surface area contributed by atoms with Gasteiger partial charge in [-0.2, -0.15) is 5.10 Å². The Labute approximate surface area is 139 Å². The number of carbonyl (C=O) groups is 1. The fraction of sp³-hybridized carbons (Fsp3) is 0.0526. The van der Waals surface area contributed by atoms with Crippen molar-refractivity contribution in [3.63, 3.8) is 0 Å². The Kier molecular flexibility index (Phi) is 4.81. The van der Waals surface area contributed by atoms with E-state index in [-0.39, 0.29) is 11.7 Å². The Balaban J connectivity index is 1.58. The molecule has 0 atom stereocenters. The van der Waals surface area contributed by atoms with E-state index in [0.717, 1.165) is 11.1 Å². The number of nitrogens with zero attached hydrogens (tertiary/aromatic N) is 2. The molecule has 1 aromatic heterocycles. The summed E-state index contributed by atoms with van der Waals surface area (Å²) in [6, 6.07) is 17.5. The van der Waals surface area contributed by atoms with Crippen LogP contribution in [0.3, 0.4) is 0 Å². The lowest BCUT2D eigenvalue weighted by atomic mass is 10.2. The summed E-state index contributed by atoms with van der Waals surface area (Å²) >= 11 is 0. The number of hydrogen-bond acceptors (Lipinski definition) is 2. The van der Waals surface area contributed by atoms with E-state index in [0.29, 0.717) is 12.4 Å². The van der Waals surface area contributed by atoms with Gasteiger partial charge in [-0.05, 0) is 29.3 Å². The summed E-state index contributed by atoms with van der Waals surface area (Å²) in [6.07, 6.45) is 4.97. The lowest BCUT2D eigenvalue weighted by Gasteiger charge is -2.02. The third-order valence-electron chi connectivity index (χ3n) is 3.38. The zero-order valence-electron chi connectivity index (χ0n) is 12.9. The summed E-state index contributed by atoms with van der Waals surface area (Å²) in [4.78, 5) is 11.9. The highest BCUT2D eigenvalue weighted by atomic mass is 19.1. The van der Waals surface area contributed by atoms with Crippen molar-refractivity contribution < 1.29 is 9.18 Å². The number of anilines is 1. The SMILES string of the molecule is O=C(C=Cc1ccccc1)Nc1ccn(Cc2ccc(F)cc2)n1. The average molecular weight is 321 g/mol. The first-order valence-electron chi connectivity index (χ1n) is 7.51. The Morgan fingerprint density at radius 2 is 1.83 bits per heavy atom. The zero-order valence-corrected chi connectivity index (χ0v) is 12.9. The van der Waals surface area contributed by atoms with Crippen LogP contribution in [0.4, 0.5) is 10.2 Å². The molecule has 120 valence electrons. The van der Waals surface area contributed by atoms with Crippen molar-refractivity contribution in [3.8, 4) is 0 Å². The van der Waals surface area contributed by atoms with E-state index in [1.807, 2.05) is 30.3 Å². The summed E-state index contributed by atoms with van der Waals surface area (Å²) in [5.74, 6) is -0.0388. The average Bonchev–Trinajstić information content (AvgIpc) is 3.03. The molecular formula is C19H16FN3O. The molecule has 3 aromatic rings. The van der Waals surface area contributed by atoms with Gasteiger partial charge < -0.3 is 5.32 Å². The summed E-state index contributed by atoms with van der Waals surface area (Å²) in [5, 5.41) is 6.99. The van der Waals surface area contributed by atoms with Gasteiger partial charge in [0.25, 0.3) is 0 Å². The molecule has 0 unspecified atom stereocenters. The first kappa shape index (κ1) is 15.7. The normalized spacial score (nSPS) is 10.9. The molecule has 3 rings (SSSR count). The lowest BCUT2D eigenvalue weighted by Crippen LogP contribution is -2.09. The Morgan fingerprint density at radius 3 is 2.58 bits per heavy atom. The van der Waals surface area contributed by atoms with E-state index >= 15 is 0 Å². The number of halogens is 1. The summed E-state index contributed by atoms with van der Waals surface area (Å²) in [6.45, 7) is 0.510. The van der Waals surface area contributed by atoms with Crippen molar-refractivity contribution in [2.45, 2.75) is 6.54 Å². The van der Waals surface area contributed by atoms with Gasteiger partial charge in [0, 0.05) is 18.3 Å². The van der Waals surface area contributed by atoms with Crippen LogP contribution >= 0.6 is 0 Å². The minimum absolute atomic E-state index is 0.245. The van der Waals surface area contributed by atoms with Crippen LogP contribution in [0.25, 0.3) is 6.08 Å². The molecule has 1 N–H and O–H groups in total. The van der Waals surface area contributed by atoms with Crippen LogP contribution in [0.1, 0.15) is 11.1 Å². The number of aromatic nitrogens is 2. The van der Waals surface area contributed by atoms with E-state index in [2.05, 4.69) is 10.4 Å². The molecule has 1 heterocycles. The maximum atomic E-state index is 12.9. The van der Waals surface area contributed by atoms with Crippen molar-refractivity contribution in [2.24, 2.45) is 0 Å². The quantitative estimate of drug-likeness (QED) is 0.728. The van der Waals surface area contributed by atoms with Gasteiger partial charge >= 0.3 is 0 Å². The highest BCUT2D eigenvalue weighted by Gasteiger charge is 2.03. The predicted molar refractivity (Wildman–Crippen MR) is 91.8 cm³/mol. The second kappa shape index (κ2) is 7.37. The number of nitrogens with one attached hydrogen (secondary N) is 1. The monoisotopic (exact) mass is 321 g/mol. The van der Waals surface area contributed by atoms with Crippen LogP contribution in [0.2, 0.25) is 0 Å². The maximum absolute atomic E-state index is 12.9. The second-order valence-electron chi connectivity index (χ2n) is 5.26. The molecule has 0 spiro atoms. The number of carbonyl (C=O) groups excluding carboxylic acids is 1. The smallest absolute Gasteiger partial charge is 0.249 e. The zero-order chi connectivity index (χ0) is 16.8. The van der Waals surface area contributed by atoms with Gasteiger partial charge in [0.2, 0.25) is 5.91 Å². The molecule has 0 fully saturated rings. The molecular weight excluding hydrogens is 305 g/mol. The van der Waals surface area contributed by atoms with Gasteiger partial charge in [-0.3, -0.25) is 9.48 Å².